The Kier molecular flexibility index (Phi) is 3.61. The monoisotopic (exact) mass is 312 g/mol. The zero-order chi connectivity index (χ0) is 15.7. The Morgan fingerprint density at radius 3 is 2.91 bits per heavy atom. The zero-order valence-electron chi connectivity index (χ0n) is 13.0. The van der Waals surface area contributed by atoms with Crippen LogP contribution in [-0.2, 0) is 16.1 Å². The third kappa shape index (κ3) is 2.86. The van der Waals surface area contributed by atoms with Gasteiger partial charge in [-0.3, -0.25) is 9.89 Å². The van der Waals surface area contributed by atoms with Gasteiger partial charge in [-0.1, -0.05) is 30.3 Å². The molecule has 23 heavy (non-hydrogen) atoms. The largest absolute Gasteiger partial charge is 0.381 e. The molecule has 1 spiro atoms. The van der Waals surface area contributed by atoms with E-state index in [0.29, 0.717) is 18.8 Å². The minimum Gasteiger partial charge on any atom is -0.381 e. The predicted octanol–water partition coefficient (Wildman–Crippen LogP) is 2.00. The first kappa shape index (κ1) is 14.4. The first-order valence-corrected chi connectivity index (χ1v) is 8.06. The van der Waals surface area contributed by atoms with Crippen molar-refractivity contribution in [2.75, 3.05) is 19.8 Å². The summed E-state index contributed by atoms with van der Waals surface area (Å²) < 4.78 is 5.56. The lowest BCUT2D eigenvalue weighted by Gasteiger charge is -2.38. The topological polar surface area (TPSA) is 71.1 Å². The second-order valence-electron chi connectivity index (χ2n) is 6.52. The van der Waals surface area contributed by atoms with Gasteiger partial charge < -0.3 is 9.64 Å². The van der Waals surface area contributed by atoms with Gasteiger partial charge in [-0.2, -0.15) is 5.10 Å². The molecular formula is C17H20N4O2. The van der Waals surface area contributed by atoms with E-state index in [9.17, 15) is 4.79 Å². The number of hydrogen-bond acceptors (Lipinski definition) is 4. The summed E-state index contributed by atoms with van der Waals surface area (Å²) in [5, 5.41) is 7.23. The summed E-state index contributed by atoms with van der Waals surface area (Å²) in [5.41, 5.74) is 1.12. The van der Waals surface area contributed by atoms with E-state index < -0.39 is 0 Å². The van der Waals surface area contributed by atoms with Crippen molar-refractivity contribution in [3.63, 3.8) is 0 Å². The van der Waals surface area contributed by atoms with Gasteiger partial charge in [0.1, 0.15) is 5.82 Å². The van der Waals surface area contributed by atoms with Crippen molar-refractivity contribution in [2.24, 2.45) is 5.41 Å². The smallest absolute Gasteiger partial charge is 0.223 e. The fourth-order valence-electron chi connectivity index (χ4n) is 3.48. The molecule has 2 aliphatic heterocycles. The molecule has 2 aromatic rings. The number of amides is 1. The fraction of sp³-hybridized carbons (Fsp3) is 0.471. The molecule has 0 bridgehead atoms. The van der Waals surface area contributed by atoms with Crippen LogP contribution in [0, 0.1) is 5.41 Å². The predicted molar refractivity (Wildman–Crippen MR) is 84.3 cm³/mol. The minimum atomic E-state index is 0.149. The number of ether oxygens (including phenoxy) is 1. The Morgan fingerprint density at radius 2 is 2.13 bits per heavy atom. The summed E-state index contributed by atoms with van der Waals surface area (Å²) in [5.74, 6) is 1.59. The van der Waals surface area contributed by atoms with Crippen LogP contribution in [0.2, 0.25) is 0 Å². The maximum absolute atomic E-state index is 12.2. The summed E-state index contributed by atoms with van der Waals surface area (Å²) in [6.07, 6.45) is 2.58. The normalized spacial score (nSPS) is 24.5. The van der Waals surface area contributed by atoms with Crippen LogP contribution in [0.5, 0.6) is 0 Å². The number of rotatable bonds is 3. The average molecular weight is 312 g/mol. The summed E-state index contributed by atoms with van der Waals surface area (Å²) in [7, 11) is 0. The fourth-order valence-corrected chi connectivity index (χ4v) is 3.48. The molecule has 1 N–H and O–H groups in total. The van der Waals surface area contributed by atoms with E-state index in [1.165, 1.54) is 0 Å². The Labute approximate surface area is 134 Å². The molecule has 1 aromatic carbocycles. The van der Waals surface area contributed by atoms with E-state index in [1.807, 2.05) is 35.2 Å². The highest BCUT2D eigenvalue weighted by Crippen LogP contribution is 2.38. The van der Waals surface area contributed by atoms with Gasteiger partial charge in [0, 0.05) is 30.6 Å². The van der Waals surface area contributed by atoms with Crippen molar-refractivity contribution < 1.29 is 9.53 Å². The van der Waals surface area contributed by atoms with Crippen LogP contribution in [0.25, 0.3) is 11.4 Å². The number of carbonyl (C=O) groups is 1. The van der Waals surface area contributed by atoms with E-state index in [1.54, 1.807) is 0 Å². The summed E-state index contributed by atoms with van der Waals surface area (Å²) in [6, 6.07) is 9.84. The molecule has 0 radical (unpaired) electrons. The number of likely N-dealkylation sites (tertiary alicyclic amines) is 1. The molecule has 1 amide bonds. The van der Waals surface area contributed by atoms with E-state index in [0.717, 1.165) is 44.0 Å². The lowest BCUT2D eigenvalue weighted by molar-refractivity contribution is -0.138. The highest BCUT2D eigenvalue weighted by Gasteiger charge is 2.41. The zero-order valence-corrected chi connectivity index (χ0v) is 13.0. The maximum atomic E-state index is 12.2. The lowest BCUT2D eigenvalue weighted by Crippen LogP contribution is -2.46. The van der Waals surface area contributed by atoms with Crippen LogP contribution in [0.15, 0.2) is 30.3 Å². The average Bonchev–Trinajstić information content (AvgIpc) is 3.22. The van der Waals surface area contributed by atoms with Crippen LogP contribution in [-0.4, -0.2) is 45.7 Å². The van der Waals surface area contributed by atoms with Gasteiger partial charge >= 0.3 is 0 Å². The minimum absolute atomic E-state index is 0.149. The van der Waals surface area contributed by atoms with Crippen LogP contribution in [0.3, 0.4) is 0 Å². The molecule has 6 nitrogen and oxygen atoms in total. The molecule has 2 aliphatic rings. The SMILES string of the molecule is O=C1CC[C@@]2(CCOC2)CN1Cc1nc(-c2ccccc2)n[nH]1. The number of benzene rings is 1. The summed E-state index contributed by atoms with van der Waals surface area (Å²) in [4.78, 5) is 18.7. The third-order valence-corrected chi connectivity index (χ3v) is 4.84. The van der Waals surface area contributed by atoms with Gasteiger partial charge in [0.15, 0.2) is 5.82 Å². The molecule has 0 saturated carbocycles. The molecule has 2 saturated heterocycles. The van der Waals surface area contributed by atoms with Gasteiger partial charge in [-0.05, 0) is 12.8 Å². The molecule has 1 atom stereocenters. The quantitative estimate of drug-likeness (QED) is 0.941. The van der Waals surface area contributed by atoms with E-state index in [4.69, 9.17) is 4.74 Å². The second-order valence-corrected chi connectivity index (χ2v) is 6.52. The Bertz CT molecular complexity index is 692. The molecule has 3 heterocycles. The highest BCUT2D eigenvalue weighted by atomic mass is 16.5. The molecule has 1 aromatic heterocycles. The van der Waals surface area contributed by atoms with Gasteiger partial charge in [-0.25, -0.2) is 4.98 Å². The Hall–Kier alpha value is -2.21. The van der Waals surface area contributed by atoms with Crippen molar-refractivity contribution in [1.29, 1.82) is 0 Å². The molecule has 2 fully saturated rings. The van der Waals surface area contributed by atoms with Crippen molar-refractivity contribution in [1.82, 2.24) is 20.1 Å². The van der Waals surface area contributed by atoms with Crippen LogP contribution < -0.4 is 0 Å². The van der Waals surface area contributed by atoms with E-state index in [-0.39, 0.29) is 11.3 Å². The van der Waals surface area contributed by atoms with Crippen molar-refractivity contribution in [2.45, 2.75) is 25.8 Å². The van der Waals surface area contributed by atoms with E-state index in [2.05, 4.69) is 15.2 Å². The molecule has 6 heteroatoms. The maximum Gasteiger partial charge on any atom is 0.223 e. The first-order valence-electron chi connectivity index (χ1n) is 8.06. The summed E-state index contributed by atoms with van der Waals surface area (Å²) >= 11 is 0. The van der Waals surface area contributed by atoms with Crippen LogP contribution in [0.4, 0.5) is 0 Å². The van der Waals surface area contributed by atoms with E-state index >= 15 is 0 Å². The van der Waals surface area contributed by atoms with Crippen molar-refractivity contribution in [3.05, 3.63) is 36.2 Å². The molecule has 0 aliphatic carbocycles. The van der Waals surface area contributed by atoms with Crippen LogP contribution >= 0.6 is 0 Å². The van der Waals surface area contributed by atoms with Gasteiger partial charge in [-0.15, -0.1) is 0 Å². The summed E-state index contributed by atoms with van der Waals surface area (Å²) in [6.45, 7) is 2.82. The molecule has 120 valence electrons. The number of nitrogens with zero attached hydrogens (tertiary/aromatic N) is 3. The first-order chi connectivity index (χ1) is 11.2. The van der Waals surface area contributed by atoms with Gasteiger partial charge in [0.25, 0.3) is 0 Å². The standard InChI is InChI=1S/C17H20N4O2/c22-15-6-7-17(8-9-23-12-17)11-21(15)10-14-18-16(20-19-14)13-4-2-1-3-5-13/h1-5H,6-12H2,(H,18,19,20)/t17-/m1/s1. The number of piperidine rings is 1. The number of hydrogen-bond donors (Lipinski definition) is 1. The van der Waals surface area contributed by atoms with Gasteiger partial charge in [0.05, 0.1) is 13.2 Å². The third-order valence-electron chi connectivity index (χ3n) is 4.84. The number of aromatic amines is 1. The second kappa shape index (κ2) is 5.77. The number of aromatic nitrogens is 3. The molecule has 0 unspecified atom stereocenters. The van der Waals surface area contributed by atoms with Crippen molar-refractivity contribution >= 4 is 5.91 Å². The lowest BCUT2D eigenvalue weighted by atomic mass is 9.79. The Balaban J connectivity index is 1.49. The highest BCUT2D eigenvalue weighted by molar-refractivity contribution is 5.77. The number of H-pyrrole nitrogens is 1. The molecular weight excluding hydrogens is 292 g/mol. The number of carbonyl (C=O) groups excluding carboxylic acids is 1. The number of nitrogens with one attached hydrogen (secondary N) is 1. The van der Waals surface area contributed by atoms with Crippen LogP contribution in [0.1, 0.15) is 25.1 Å². The Morgan fingerprint density at radius 1 is 1.26 bits per heavy atom. The molecule has 4 rings (SSSR count). The van der Waals surface area contributed by atoms with Gasteiger partial charge in [0.2, 0.25) is 5.91 Å². The van der Waals surface area contributed by atoms with Crippen molar-refractivity contribution in [3.8, 4) is 11.4 Å².